The molecule has 0 unspecified atom stereocenters. The first-order valence-corrected chi connectivity index (χ1v) is 11.5. The van der Waals surface area contributed by atoms with Gasteiger partial charge >= 0.3 is 0 Å². The fraction of sp³-hybridized carbons (Fsp3) is 0.360. The average molecular weight is 463 g/mol. The molecule has 1 aliphatic heterocycles. The number of fused-ring (bicyclic) bond motifs is 1. The van der Waals surface area contributed by atoms with E-state index in [4.69, 9.17) is 4.74 Å². The van der Waals surface area contributed by atoms with E-state index in [1.54, 1.807) is 16.8 Å². The number of rotatable bonds is 8. The Hall–Kier alpha value is -3.43. The van der Waals surface area contributed by atoms with Gasteiger partial charge in [-0.15, -0.1) is 5.10 Å². The van der Waals surface area contributed by atoms with Gasteiger partial charge < -0.3 is 9.72 Å². The van der Waals surface area contributed by atoms with Gasteiger partial charge in [0, 0.05) is 30.8 Å². The maximum absolute atomic E-state index is 13.5. The molecule has 0 bridgehead atoms. The molecule has 34 heavy (non-hydrogen) atoms. The standard InChI is InChI=1S/C25H27FN6O2/c1-17-4-7-19-12-20(25(33)27-23(19)11-17)14-31(13-18-5-8-21(26)9-6-18)16-24-28-29-30-32(24)15-22-3-2-10-34-22/h4-9,11-12,22H,2-3,10,13-16H2,1H3,(H,27,33)/t22-/m0/s1. The molecular formula is C25H27FN6O2. The first-order chi connectivity index (χ1) is 16.5. The number of benzene rings is 2. The lowest BCUT2D eigenvalue weighted by Gasteiger charge is -2.22. The highest BCUT2D eigenvalue weighted by atomic mass is 19.1. The van der Waals surface area contributed by atoms with Crippen molar-refractivity contribution in [2.75, 3.05) is 6.61 Å². The molecule has 0 radical (unpaired) electrons. The van der Waals surface area contributed by atoms with E-state index in [1.807, 2.05) is 31.2 Å². The van der Waals surface area contributed by atoms with Gasteiger partial charge in [-0.25, -0.2) is 9.07 Å². The van der Waals surface area contributed by atoms with Crippen molar-refractivity contribution < 1.29 is 9.13 Å². The summed E-state index contributed by atoms with van der Waals surface area (Å²) in [5.74, 6) is 0.419. The maximum atomic E-state index is 13.5. The normalized spacial score (nSPS) is 16.0. The van der Waals surface area contributed by atoms with E-state index in [0.29, 0.717) is 37.6 Å². The Bertz CT molecular complexity index is 1330. The number of halogens is 1. The molecule has 9 heteroatoms. The second kappa shape index (κ2) is 9.82. The second-order valence-corrected chi connectivity index (χ2v) is 8.90. The maximum Gasteiger partial charge on any atom is 0.252 e. The minimum Gasteiger partial charge on any atom is -0.376 e. The summed E-state index contributed by atoms with van der Waals surface area (Å²) in [4.78, 5) is 18.0. The minimum absolute atomic E-state index is 0.111. The Balaban J connectivity index is 1.42. The van der Waals surface area contributed by atoms with Crippen molar-refractivity contribution >= 4 is 10.9 Å². The monoisotopic (exact) mass is 462 g/mol. The lowest BCUT2D eigenvalue weighted by atomic mass is 10.1. The van der Waals surface area contributed by atoms with Crippen LogP contribution in [0.1, 0.15) is 35.4 Å². The molecule has 0 saturated carbocycles. The number of pyridine rings is 1. The zero-order valence-electron chi connectivity index (χ0n) is 19.1. The van der Waals surface area contributed by atoms with Crippen LogP contribution >= 0.6 is 0 Å². The number of nitrogens with one attached hydrogen (secondary N) is 1. The lowest BCUT2D eigenvalue weighted by Crippen LogP contribution is -2.29. The largest absolute Gasteiger partial charge is 0.376 e. The van der Waals surface area contributed by atoms with Crippen LogP contribution in [0.25, 0.3) is 10.9 Å². The van der Waals surface area contributed by atoms with Crippen LogP contribution in [-0.4, -0.2) is 42.8 Å². The van der Waals surface area contributed by atoms with Crippen molar-refractivity contribution in [2.45, 2.75) is 52.0 Å². The van der Waals surface area contributed by atoms with Crippen molar-refractivity contribution in [3.63, 3.8) is 0 Å². The van der Waals surface area contributed by atoms with Crippen LogP contribution in [-0.2, 0) is 30.9 Å². The molecule has 3 heterocycles. The van der Waals surface area contributed by atoms with Crippen LogP contribution in [0, 0.1) is 12.7 Å². The van der Waals surface area contributed by atoms with Crippen molar-refractivity contribution in [3.8, 4) is 0 Å². The second-order valence-electron chi connectivity index (χ2n) is 8.90. The Morgan fingerprint density at radius 2 is 2.00 bits per heavy atom. The van der Waals surface area contributed by atoms with Gasteiger partial charge in [-0.3, -0.25) is 9.69 Å². The van der Waals surface area contributed by atoms with E-state index in [2.05, 4.69) is 25.4 Å². The van der Waals surface area contributed by atoms with Crippen molar-refractivity contribution in [1.82, 2.24) is 30.1 Å². The number of hydrogen-bond acceptors (Lipinski definition) is 6. The molecule has 1 fully saturated rings. The predicted molar refractivity (Wildman–Crippen MR) is 125 cm³/mol. The van der Waals surface area contributed by atoms with E-state index in [1.165, 1.54) is 12.1 Å². The quantitative estimate of drug-likeness (QED) is 0.432. The van der Waals surface area contributed by atoms with Crippen LogP contribution in [0.5, 0.6) is 0 Å². The molecule has 1 aliphatic rings. The minimum atomic E-state index is -0.280. The molecule has 0 aliphatic carbocycles. The van der Waals surface area contributed by atoms with E-state index in [9.17, 15) is 9.18 Å². The van der Waals surface area contributed by atoms with Crippen LogP contribution in [0.4, 0.5) is 4.39 Å². The number of aromatic nitrogens is 5. The molecular weight excluding hydrogens is 435 g/mol. The van der Waals surface area contributed by atoms with Crippen LogP contribution in [0.2, 0.25) is 0 Å². The zero-order chi connectivity index (χ0) is 23.5. The van der Waals surface area contributed by atoms with E-state index in [0.717, 1.165) is 41.5 Å². The van der Waals surface area contributed by atoms with Gasteiger partial charge in [-0.2, -0.15) is 0 Å². The van der Waals surface area contributed by atoms with E-state index < -0.39 is 0 Å². The number of aryl methyl sites for hydroxylation is 1. The number of ether oxygens (including phenoxy) is 1. The van der Waals surface area contributed by atoms with E-state index >= 15 is 0 Å². The van der Waals surface area contributed by atoms with Crippen LogP contribution < -0.4 is 5.56 Å². The summed E-state index contributed by atoms with van der Waals surface area (Å²) >= 11 is 0. The molecule has 8 nitrogen and oxygen atoms in total. The summed E-state index contributed by atoms with van der Waals surface area (Å²) in [7, 11) is 0. The number of hydrogen-bond donors (Lipinski definition) is 1. The molecule has 2 aromatic carbocycles. The lowest BCUT2D eigenvalue weighted by molar-refractivity contribution is 0.0914. The van der Waals surface area contributed by atoms with Gasteiger partial charge in [0.25, 0.3) is 5.56 Å². The smallest absolute Gasteiger partial charge is 0.252 e. The summed E-state index contributed by atoms with van der Waals surface area (Å²) in [6, 6.07) is 14.3. The van der Waals surface area contributed by atoms with Crippen molar-refractivity contribution in [1.29, 1.82) is 0 Å². The highest BCUT2D eigenvalue weighted by Gasteiger charge is 2.21. The van der Waals surface area contributed by atoms with Crippen LogP contribution in [0.15, 0.2) is 53.3 Å². The molecule has 0 amide bonds. The van der Waals surface area contributed by atoms with Gasteiger partial charge in [-0.1, -0.05) is 24.3 Å². The molecule has 4 aromatic rings. The highest BCUT2D eigenvalue weighted by Crippen LogP contribution is 2.18. The number of nitrogens with zero attached hydrogens (tertiary/aromatic N) is 5. The van der Waals surface area contributed by atoms with Crippen molar-refractivity contribution in [3.05, 3.63) is 87.2 Å². The first-order valence-electron chi connectivity index (χ1n) is 11.5. The summed E-state index contributed by atoms with van der Waals surface area (Å²) < 4.78 is 21.0. The molecule has 1 N–H and O–H groups in total. The Labute approximate surface area is 196 Å². The summed E-state index contributed by atoms with van der Waals surface area (Å²) in [5, 5.41) is 13.2. The zero-order valence-corrected chi connectivity index (χ0v) is 19.1. The Morgan fingerprint density at radius 3 is 2.79 bits per heavy atom. The molecule has 1 atom stereocenters. The van der Waals surface area contributed by atoms with Crippen molar-refractivity contribution in [2.24, 2.45) is 0 Å². The molecule has 2 aromatic heterocycles. The molecule has 176 valence electrons. The van der Waals surface area contributed by atoms with E-state index in [-0.39, 0.29) is 17.5 Å². The number of H-pyrrole nitrogens is 1. The van der Waals surface area contributed by atoms with Gasteiger partial charge in [0.15, 0.2) is 5.82 Å². The van der Waals surface area contributed by atoms with Gasteiger partial charge in [0.1, 0.15) is 5.82 Å². The Kier molecular flexibility index (Phi) is 6.46. The topological polar surface area (TPSA) is 88.9 Å². The fourth-order valence-electron chi connectivity index (χ4n) is 4.39. The van der Waals surface area contributed by atoms with Crippen LogP contribution in [0.3, 0.4) is 0 Å². The summed E-state index contributed by atoms with van der Waals surface area (Å²) in [6.45, 7) is 4.70. The third-order valence-electron chi connectivity index (χ3n) is 6.16. The first kappa shape index (κ1) is 22.4. The average Bonchev–Trinajstić information content (AvgIpc) is 3.49. The van der Waals surface area contributed by atoms with Gasteiger partial charge in [-0.05, 0) is 71.0 Å². The summed E-state index contributed by atoms with van der Waals surface area (Å²) in [5.41, 5.74) is 3.37. The van der Waals surface area contributed by atoms with Gasteiger partial charge in [0.2, 0.25) is 0 Å². The predicted octanol–water partition coefficient (Wildman–Crippen LogP) is 3.34. The van der Waals surface area contributed by atoms with Gasteiger partial charge in [0.05, 0.1) is 19.2 Å². The summed E-state index contributed by atoms with van der Waals surface area (Å²) in [6.07, 6.45) is 2.15. The third-order valence-corrected chi connectivity index (χ3v) is 6.16. The number of tetrazole rings is 1. The fourth-order valence-corrected chi connectivity index (χ4v) is 4.39. The Morgan fingerprint density at radius 1 is 1.15 bits per heavy atom. The molecule has 5 rings (SSSR count). The SMILES string of the molecule is Cc1ccc2cc(CN(Cc3ccc(F)cc3)Cc3nnnn3C[C@@H]3CCCO3)c(=O)[nH]c2c1. The highest BCUT2D eigenvalue weighted by molar-refractivity contribution is 5.79. The molecule has 0 spiro atoms. The molecule has 1 saturated heterocycles. The third kappa shape index (κ3) is 5.21. The number of aromatic amines is 1.